The van der Waals surface area contributed by atoms with Crippen LogP contribution in [0.4, 0.5) is 0 Å². The highest BCUT2D eigenvalue weighted by Gasteiger charge is 2.36. The van der Waals surface area contributed by atoms with Gasteiger partial charge in [-0.2, -0.15) is 0 Å². The molecular formula is C17H22N2O3. The molecule has 0 aromatic heterocycles. The second kappa shape index (κ2) is 6.30. The lowest BCUT2D eigenvalue weighted by atomic mass is 10.1. The molecule has 1 aromatic carbocycles. The Bertz CT molecular complexity index is 575. The zero-order valence-corrected chi connectivity index (χ0v) is 13.3. The second-order valence-corrected chi connectivity index (χ2v) is 6.65. The maximum absolute atomic E-state index is 12.0. The Hall–Kier alpha value is -2.17. The van der Waals surface area contributed by atoms with Crippen LogP contribution in [-0.4, -0.2) is 41.1 Å². The van der Waals surface area contributed by atoms with E-state index in [4.69, 9.17) is 0 Å². The Morgan fingerprint density at radius 1 is 1.23 bits per heavy atom. The largest absolute Gasteiger partial charge is 0.349 e. The summed E-state index contributed by atoms with van der Waals surface area (Å²) in [5.41, 5.74) is 0.161. The molecule has 0 aliphatic carbocycles. The average Bonchev–Trinajstić information content (AvgIpc) is 2.86. The van der Waals surface area contributed by atoms with Crippen molar-refractivity contribution in [2.24, 2.45) is 5.92 Å². The summed E-state index contributed by atoms with van der Waals surface area (Å²) < 4.78 is 0. The van der Waals surface area contributed by atoms with E-state index < -0.39 is 11.7 Å². The third-order valence-electron chi connectivity index (χ3n) is 3.81. The summed E-state index contributed by atoms with van der Waals surface area (Å²) in [5.74, 6) is -1.01. The van der Waals surface area contributed by atoms with Crippen molar-refractivity contribution in [1.82, 2.24) is 10.2 Å². The Morgan fingerprint density at radius 2 is 1.86 bits per heavy atom. The van der Waals surface area contributed by atoms with E-state index in [1.807, 2.05) is 25.7 Å². The molecule has 1 aliphatic heterocycles. The summed E-state index contributed by atoms with van der Waals surface area (Å²) in [6.07, 6.45) is 0.414. The minimum absolute atomic E-state index is 0.0549. The molecule has 1 fully saturated rings. The fraction of sp³-hybridized carbons (Fsp3) is 0.471. The van der Waals surface area contributed by atoms with Crippen molar-refractivity contribution in [2.75, 3.05) is 13.1 Å². The lowest BCUT2D eigenvalue weighted by Crippen LogP contribution is -2.43. The normalized spacial score (nSPS) is 18.4. The molecule has 5 heteroatoms. The van der Waals surface area contributed by atoms with Crippen molar-refractivity contribution < 1.29 is 14.4 Å². The van der Waals surface area contributed by atoms with Gasteiger partial charge >= 0.3 is 0 Å². The van der Waals surface area contributed by atoms with Gasteiger partial charge < -0.3 is 10.2 Å². The van der Waals surface area contributed by atoms with Gasteiger partial charge in [0.25, 0.3) is 5.91 Å². The summed E-state index contributed by atoms with van der Waals surface area (Å²) in [7, 11) is 0. The predicted molar refractivity (Wildman–Crippen MR) is 83.4 cm³/mol. The molecule has 118 valence electrons. The summed E-state index contributed by atoms with van der Waals surface area (Å²) in [6.45, 7) is 6.93. The van der Waals surface area contributed by atoms with Crippen LogP contribution in [0.25, 0.3) is 0 Å². The number of Topliss-reactive ketones (excluding diaryl/α,β-unsaturated/α-hetero) is 1. The minimum atomic E-state index is -0.618. The number of rotatable bonds is 4. The highest BCUT2D eigenvalue weighted by molar-refractivity contribution is 6.42. The third-order valence-corrected chi connectivity index (χ3v) is 3.81. The van der Waals surface area contributed by atoms with E-state index in [1.165, 1.54) is 0 Å². The Balaban J connectivity index is 1.88. The number of hydrogen-bond acceptors (Lipinski definition) is 3. The first-order valence-electron chi connectivity index (χ1n) is 7.47. The van der Waals surface area contributed by atoms with Gasteiger partial charge in [0.15, 0.2) is 0 Å². The quantitative estimate of drug-likeness (QED) is 0.679. The van der Waals surface area contributed by atoms with Crippen LogP contribution in [0, 0.1) is 5.92 Å². The van der Waals surface area contributed by atoms with Crippen molar-refractivity contribution >= 4 is 17.6 Å². The van der Waals surface area contributed by atoms with Crippen LogP contribution in [0.1, 0.15) is 37.6 Å². The number of hydrogen-bond donors (Lipinski definition) is 1. The minimum Gasteiger partial charge on any atom is -0.349 e. The monoisotopic (exact) mass is 302 g/mol. The predicted octanol–water partition coefficient (Wildman–Crippen LogP) is 1.63. The topological polar surface area (TPSA) is 66.5 Å². The molecule has 0 saturated carbocycles. The fourth-order valence-corrected chi connectivity index (χ4v) is 2.60. The number of carbonyl (C=O) groups is 3. The van der Waals surface area contributed by atoms with E-state index in [1.54, 1.807) is 30.3 Å². The zero-order chi connectivity index (χ0) is 16.3. The maximum atomic E-state index is 12.0. The molecule has 1 N–H and O–H groups in total. The first-order valence-corrected chi connectivity index (χ1v) is 7.47. The van der Waals surface area contributed by atoms with Crippen LogP contribution >= 0.6 is 0 Å². The summed E-state index contributed by atoms with van der Waals surface area (Å²) in [4.78, 5) is 37.6. The molecule has 1 heterocycles. The molecule has 1 aliphatic rings. The molecule has 1 saturated heterocycles. The van der Waals surface area contributed by atoms with E-state index in [-0.39, 0.29) is 17.4 Å². The van der Waals surface area contributed by atoms with Crippen LogP contribution < -0.4 is 5.32 Å². The molecule has 0 radical (unpaired) electrons. The first kappa shape index (κ1) is 16.2. The van der Waals surface area contributed by atoms with Gasteiger partial charge in [0, 0.05) is 36.5 Å². The highest BCUT2D eigenvalue weighted by atomic mass is 16.2. The number of amides is 2. The summed E-state index contributed by atoms with van der Waals surface area (Å²) in [5, 5.41) is 2.65. The van der Waals surface area contributed by atoms with Crippen LogP contribution in [0.15, 0.2) is 30.3 Å². The Labute approximate surface area is 130 Å². The molecule has 1 atom stereocenters. The first-order chi connectivity index (χ1) is 10.3. The number of carbonyl (C=O) groups excluding carboxylic acids is 3. The van der Waals surface area contributed by atoms with Gasteiger partial charge in [0.05, 0.1) is 0 Å². The maximum Gasteiger partial charge on any atom is 0.292 e. The van der Waals surface area contributed by atoms with Crippen LogP contribution in [0.5, 0.6) is 0 Å². The van der Waals surface area contributed by atoms with Crippen molar-refractivity contribution in [3.63, 3.8) is 0 Å². The number of likely N-dealkylation sites (tertiary alicyclic amines) is 1. The highest BCUT2D eigenvalue weighted by Crippen LogP contribution is 2.25. The van der Waals surface area contributed by atoms with Gasteiger partial charge in [0.1, 0.15) is 0 Å². The van der Waals surface area contributed by atoms with Gasteiger partial charge in [-0.05, 0) is 20.8 Å². The molecule has 0 bridgehead atoms. The van der Waals surface area contributed by atoms with E-state index in [2.05, 4.69) is 5.32 Å². The molecule has 2 rings (SSSR count). The average molecular weight is 302 g/mol. The van der Waals surface area contributed by atoms with Gasteiger partial charge in [-0.15, -0.1) is 0 Å². The van der Waals surface area contributed by atoms with E-state index in [0.29, 0.717) is 25.1 Å². The van der Waals surface area contributed by atoms with E-state index in [9.17, 15) is 14.4 Å². The van der Waals surface area contributed by atoms with Gasteiger partial charge in [-0.1, -0.05) is 30.3 Å². The summed E-state index contributed by atoms with van der Waals surface area (Å²) in [6, 6.07) is 8.46. The fourth-order valence-electron chi connectivity index (χ4n) is 2.60. The van der Waals surface area contributed by atoms with Crippen molar-refractivity contribution in [3.8, 4) is 0 Å². The van der Waals surface area contributed by atoms with Crippen molar-refractivity contribution in [1.29, 1.82) is 0 Å². The van der Waals surface area contributed by atoms with Crippen LogP contribution in [0.2, 0.25) is 0 Å². The Morgan fingerprint density at radius 3 is 2.41 bits per heavy atom. The SMILES string of the molecule is CC(C)(C)N1CC(CNC(=O)C(=O)c2ccccc2)CC1=O. The second-order valence-electron chi connectivity index (χ2n) is 6.65. The molecule has 5 nitrogen and oxygen atoms in total. The molecule has 2 amide bonds. The van der Waals surface area contributed by atoms with Crippen molar-refractivity contribution in [3.05, 3.63) is 35.9 Å². The third kappa shape index (κ3) is 3.72. The van der Waals surface area contributed by atoms with Crippen LogP contribution in [0.3, 0.4) is 0 Å². The number of ketones is 1. The number of nitrogens with one attached hydrogen (secondary N) is 1. The lowest BCUT2D eigenvalue weighted by molar-refractivity contribution is -0.131. The summed E-state index contributed by atoms with van der Waals surface area (Å²) >= 11 is 0. The van der Waals surface area contributed by atoms with E-state index >= 15 is 0 Å². The molecule has 1 unspecified atom stereocenters. The number of nitrogens with zero attached hydrogens (tertiary/aromatic N) is 1. The molecule has 1 aromatic rings. The van der Waals surface area contributed by atoms with Crippen molar-refractivity contribution in [2.45, 2.75) is 32.7 Å². The molecular weight excluding hydrogens is 280 g/mol. The number of benzene rings is 1. The van der Waals surface area contributed by atoms with Gasteiger partial charge in [0.2, 0.25) is 11.7 Å². The smallest absolute Gasteiger partial charge is 0.292 e. The standard InChI is InChI=1S/C17H22N2O3/c1-17(2,3)19-11-12(9-14(19)20)10-18-16(22)15(21)13-7-5-4-6-8-13/h4-8,12H,9-11H2,1-3H3,(H,18,22). The lowest BCUT2D eigenvalue weighted by Gasteiger charge is -2.32. The zero-order valence-electron chi connectivity index (χ0n) is 13.3. The van der Waals surface area contributed by atoms with Gasteiger partial charge in [-0.3, -0.25) is 14.4 Å². The van der Waals surface area contributed by atoms with E-state index in [0.717, 1.165) is 0 Å². The Kier molecular flexibility index (Phi) is 4.64. The van der Waals surface area contributed by atoms with Crippen LogP contribution in [-0.2, 0) is 9.59 Å². The molecule has 22 heavy (non-hydrogen) atoms. The van der Waals surface area contributed by atoms with Gasteiger partial charge in [-0.25, -0.2) is 0 Å². The molecule has 0 spiro atoms.